The molecule has 0 radical (unpaired) electrons. The van der Waals surface area contributed by atoms with Crippen LogP contribution in [0.15, 0.2) is 12.4 Å². The van der Waals surface area contributed by atoms with Gasteiger partial charge >= 0.3 is 0 Å². The number of hydrogen-bond acceptors (Lipinski definition) is 3. The summed E-state index contributed by atoms with van der Waals surface area (Å²) in [5.41, 5.74) is 1.13. The normalized spacial score (nSPS) is 12.8. The van der Waals surface area contributed by atoms with E-state index in [-0.39, 0.29) is 17.1 Å². The van der Waals surface area contributed by atoms with Gasteiger partial charge in [-0.25, -0.2) is 0 Å². The topological polar surface area (TPSA) is 46.9 Å². The fraction of sp³-hybridized carbons (Fsp3) is 0.636. The molecule has 1 atom stereocenters. The number of carbonyl (C=O) groups excluding carboxylic acids is 1. The second kappa shape index (κ2) is 5.94. The van der Waals surface area contributed by atoms with Crippen LogP contribution in [0.1, 0.15) is 19.4 Å². The highest BCUT2D eigenvalue weighted by molar-refractivity contribution is 7.81. The zero-order valence-corrected chi connectivity index (χ0v) is 10.9. The van der Waals surface area contributed by atoms with Gasteiger partial charge in [0.05, 0.1) is 18.0 Å². The molecule has 0 aliphatic carbocycles. The molecule has 0 spiro atoms. The molecule has 1 rings (SSSR count). The summed E-state index contributed by atoms with van der Waals surface area (Å²) < 4.78 is 1.82. The van der Waals surface area contributed by atoms with Crippen LogP contribution in [0.5, 0.6) is 0 Å². The maximum Gasteiger partial charge on any atom is 0.233 e. The largest absolute Gasteiger partial charge is 0.353 e. The number of nitrogens with one attached hydrogen (secondary N) is 1. The molecule has 1 N–H and O–H groups in total. The van der Waals surface area contributed by atoms with Crippen LogP contribution < -0.4 is 5.32 Å². The highest BCUT2D eigenvalue weighted by Gasteiger charge is 2.16. The number of nitrogens with zero attached hydrogens (tertiary/aromatic N) is 2. The Morgan fingerprint density at radius 1 is 1.62 bits per heavy atom. The van der Waals surface area contributed by atoms with Crippen LogP contribution in [0.4, 0.5) is 0 Å². The first-order valence-electron chi connectivity index (χ1n) is 5.45. The zero-order valence-electron chi connectivity index (χ0n) is 9.97. The second-order valence-electron chi connectivity index (χ2n) is 4.26. The Balaban J connectivity index is 2.28. The fourth-order valence-corrected chi connectivity index (χ4v) is 1.38. The van der Waals surface area contributed by atoms with Gasteiger partial charge in [0.25, 0.3) is 0 Å². The minimum absolute atomic E-state index is 0.0118. The SMILES string of the molecule is Cc1cnn(CCNC(=O)C(S)C(C)C)c1. The van der Waals surface area contributed by atoms with Gasteiger partial charge < -0.3 is 5.32 Å². The molecular formula is C11H19N3OS. The van der Waals surface area contributed by atoms with Crippen LogP contribution in [0, 0.1) is 12.8 Å². The molecule has 1 amide bonds. The van der Waals surface area contributed by atoms with Crippen molar-refractivity contribution in [1.29, 1.82) is 0 Å². The first-order chi connectivity index (χ1) is 7.50. The number of thiol groups is 1. The third-order valence-corrected chi connectivity index (χ3v) is 3.13. The Hall–Kier alpha value is -0.970. The van der Waals surface area contributed by atoms with Crippen LogP contribution in [-0.4, -0.2) is 27.5 Å². The van der Waals surface area contributed by atoms with E-state index in [1.54, 1.807) is 6.20 Å². The average Bonchev–Trinajstić information content (AvgIpc) is 2.62. The number of amides is 1. The summed E-state index contributed by atoms with van der Waals surface area (Å²) in [5, 5.41) is 6.75. The molecule has 4 nitrogen and oxygen atoms in total. The first kappa shape index (κ1) is 13.1. The molecular weight excluding hydrogens is 222 g/mol. The smallest absolute Gasteiger partial charge is 0.233 e. The Bertz CT molecular complexity index is 349. The van der Waals surface area contributed by atoms with E-state index in [2.05, 4.69) is 23.0 Å². The lowest BCUT2D eigenvalue weighted by Crippen LogP contribution is -2.36. The number of hydrogen-bond donors (Lipinski definition) is 2. The standard InChI is InChI=1S/C11H19N3OS/c1-8(2)10(16)11(15)12-4-5-14-7-9(3)6-13-14/h6-8,10,16H,4-5H2,1-3H3,(H,12,15). The molecule has 1 heterocycles. The Morgan fingerprint density at radius 2 is 2.31 bits per heavy atom. The molecule has 0 aliphatic heterocycles. The van der Waals surface area contributed by atoms with Gasteiger partial charge in [-0.15, -0.1) is 0 Å². The third kappa shape index (κ3) is 3.89. The number of aryl methyl sites for hydroxylation is 1. The predicted octanol–water partition coefficient (Wildman–Crippen LogP) is 1.26. The predicted molar refractivity (Wildman–Crippen MR) is 67.6 cm³/mol. The molecule has 0 fully saturated rings. The van der Waals surface area contributed by atoms with Crippen molar-refractivity contribution in [3.8, 4) is 0 Å². The van der Waals surface area contributed by atoms with E-state index in [9.17, 15) is 4.79 Å². The van der Waals surface area contributed by atoms with Crippen molar-refractivity contribution in [2.24, 2.45) is 5.92 Å². The minimum atomic E-state index is -0.237. The molecule has 5 heteroatoms. The molecule has 16 heavy (non-hydrogen) atoms. The van der Waals surface area contributed by atoms with Gasteiger partial charge in [-0.1, -0.05) is 13.8 Å². The van der Waals surface area contributed by atoms with Crippen LogP contribution >= 0.6 is 12.6 Å². The molecule has 0 bridgehead atoms. The summed E-state index contributed by atoms with van der Waals surface area (Å²) >= 11 is 4.25. The lowest BCUT2D eigenvalue weighted by Gasteiger charge is -2.14. The monoisotopic (exact) mass is 241 g/mol. The first-order valence-corrected chi connectivity index (χ1v) is 5.97. The number of aromatic nitrogens is 2. The lowest BCUT2D eigenvalue weighted by atomic mass is 10.1. The molecule has 0 saturated carbocycles. The van der Waals surface area contributed by atoms with Crippen molar-refractivity contribution >= 4 is 18.5 Å². The van der Waals surface area contributed by atoms with Gasteiger partial charge in [0.2, 0.25) is 5.91 Å². The van der Waals surface area contributed by atoms with E-state index in [4.69, 9.17) is 0 Å². The quantitative estimate of drug-likeness (QED) is 0.763. The maximum atomic E-state index is 11.6. The van der Waals surface area contributed by atoms with Crippen LogP contribution in [-0.2, 0) is 11.3 Å². The second-order valence-corrected chi connectivity index (χ2v) is 4.82. The van der Waals surface area contributed by atoms with Gasteiger partial charge in [-0.05, 0) is 18.4 Å². The van der Waals surface area contributed by atoms with Crippen LogP contribution in [0.2, 0.25) is 0 Å². The number of carbonyl (C=O) groups is 1. The molecule has 1 aromatic rings. The minimum Gasteiger partial charge on any atom is -0.353 e. The summed E-state index contributed by atoms with van der Waals surface area (Å²) in [7, 11) is 0. The third-order valence-electron chi connectivity index (χ3n) is 2.30. The molecule has 1 unspecified atom stereocenters. The van der Waals surface area contributed by atoms with E-state index in [0.29, 0.717) is 13.1 Å². The van der Waals surface area contributed by atoms with Crippen molar-refractivity contribution in [2.75, 3.05) is 6.54 Å². The van der Waals surface area contributed by atoms with Gasteiger partial charge in [-0.3, -0.25) is 9.48 Å². The van der Waals surface area contributed by atoms with E-state index < -0.39 is 0 Å². The van der Waals surface area contributed by atoms with E-state index in [1.165, 1.54) is 0 Å². The zero-order chi connectivity index (χ0) is 12.1. The van der Waals surface area contributed by atoms with Gasteiger partial charge in [0, 0.05) is 12.7 Å². The van der Waals surface area contributed by atoms with Gasteiger partial charge in [0.15, 0.2) is 0 Å². The highest BCUT2D eigenvalue weighted by Crippen LogP contribution is 2.08. The molecule has 1 aromatic heterocycles. The van der Waals surface area contributed by atoms with Crippen LogP contribution in [0.3, 0.4) is 0 Å². The van der Waals surface area contributed by atoms with Crippen molar-refractivity contribution in [3.05, 3.63) is 18.0 Å². The van der Waals surface area contributed by atoms with Crippen molar-refractivity contribution in [3.63, 3.8) is 0 Å². The van der Waals surface area contributed by atoms with Gasteiger partial charge in [0.1, 0.15) is 0 Å². The maximum absolute atomic E-state index is 11.6. The Labute approximate surface area is 102 Å². The van der Waals surface area contributed by atoms with E-state index in [1.807, 2.05) is 31.6 Å². The molecule has 90 valence electrons. The lowest BCUT2D eigenvalue weighted by molar-refractivity contribution is -0.121. The Kier molecular flexibility index (Phi) is 4.86. The molecule has 0 aliphatic rings. The van der Waals surface area contributed by atoms with E-state index >= 15 is 0 Å². The van der Waals surface area contributed by atoms with Crippen molar-refractivity contribution in [1.82, 2.24) is 15.1 Å². The Morgan fingerprint density at radius 3 is 2.81 bits per heavy atom. The van der Waals surface area contributed by atoms with Gasteiger partial charge in [-0.2, -0.15) is 17.7 Å². The summed E-state index contributed by atoms with van der Waals surface area (Å²) in [6.07, 6.45) is 3.75. The number of rotatable bonds is 5. The summed E-state index contributed by atoms with van der Waals surface area (Å²) in [4.78, 5) is 11.6. The molecule has 0 saturated heterocycles. The summed E-state index contributed by atoms with van der Waals surface area (Å²) in [6.45, 7) is 7.23. The summed E-state index contributed by atoms with van der Waals surface area (Å²) in [6, 6.07) is 0. The average molecular weight is 241 g/mol. The van der Waals surface area contributed by atoms with E-state index in [0.717, 1.165) is 5.56 Å². The van der Waals surface area contributed by atoms with Crippen molar-refractivity contribution in [2.45, 2.75) is 32.6 Å². The van der Waals surface area contributed by atoms with Crippen LogP contribution in [0.25, 0.3) is 0 Å². The molecule has 0 aromatic carbocycles. The summed E-state index contributed by atoms with van der Waals surface area (Å²) in [5.74, 6) is 0.234. The van der Waals surface area contributed by atoms with Crippen molar-refractivity contribution < 1.29 is 4.79 Å². The fourth-order valence-electron chi connectivity index (χ4n) is 1.29. The highest BCUT2D eigenvalue weighted by atomic mass is 32.1.